The number of quaternary nitrogens is 1. The van der Waals surface area contributed by atoms with Crippen LogP contribution in [0.15, 0.2) is 97.2 Å². The molecule has 0 saturated heterocycles. The lowest BCUT2D eigenvalue weighted by molar-refractivity contribution is -0.870. The number of esters is 2. The average molecular weight is 1020 g/mol. The summed E-state index contributed by atoms with van der Waals surface area (Å²) in [7, 11) is 5.96. The van der Waals surface area contributed by atoms with Crippen LogP contribution in [0.3, 0.4) is 0 Å². The van der Waals surface area contributed by atoms with Gasteiger partial charge in [-0.05, 0) is 96.3 Å². The molecule has 0 saturated carbocycles. The van der Waals surface area contributed by atoms with E-state index in [9.17, 15) is 19.5 Å². The van der Waals surface area contributed by atoms with Gasteiger partial charge in [-0.25, -0.2) is 4.79 Å². The van der Waals surface area contributed by atoms with Crippen LogP contribution in [-0.4, -0.2) is 87.4 Å². The van der Waals surface area contributed by atoms with E-state index in [1.165, 1.54) is 96.3 Å². The zero-order valence-corrected chi connectivity index (χ0v) is 47.5. The summed E-state index contributed by atoms with van der Waals surface area (Å²) >= 11 is 0. The van der Waals surface area contributed by atoms with Gasteiger partial charge in [0.1, 0.15) is 13.2 Å². The lowest BCUT2D eigenvalue weighted by Crippen LogP contribution is -2.40. The van der Waals surface area contributed by atoms with Crippen molar-refractivity contribution in [2.75, 3.05) is 47.5 Å². The molecule has 0 aromatic rings. The van der Waals surface area contributed by atoms with Crippen molar-refractivity contribution in [1.82, 2.24) is 0 Å². The summed E-state index contributed by atoms with van der Waals surface area (Å²) in [4.78, 5) is 37.3. The minimum Gasteiger partial charge on any atom is -0.477 e. The first-order valence-corrected chi connectivity index (χ1v) is 29.4. The third kappa shape index (κ3) is 55.8. The first kappa shape index (κ1) is 69.2. The van der Waals surface area contributed by atoms with Crippen molar-refractivity contribution in [3.63, 3.8) is 0 Å². The summed E-state index contributed by atoms with van der Waals surface area (Å²) in [6.45, 7) is 4.73. The Morgan fingerprint density at radius 3 is 1.18 bits per heavy atom. The molecule has 2 atom stereocenters. The van der Waals surface area contributed by atoms with E-state index in [2.05, 4.69) is 111 Å². The third-order valence-electron chi connectivity index (χ3n) is 12.3. The van der Waals surface area contributed by atoms with E-state index >= 15 is 0 Å². The number of aliphatic carboxylic acids is 1. The van der Waals surface area contributed by atoms with Crippen LogP contribution in [0.2, 0.25) is 0 Å². The number of carboxylic acid groups (broad SMARTS) is 1. The normalized spacial score (nSPS) is 13.5. The first-order valence-electron chi connectivity index (χ1n) is 29.4. The van der Waals surface area contributed by atoms with E-state index in [1.54, 1.807) is 0 Å². The number of nitrogens with zero attached hydrogens (tertiary/aromatic N) is 1. The minimum absolute atomic E-state index is 0.183. The molecule has 0 aliphatic heterocycles. The molecule has 0 fully saturated rings. The van der Waals surface area contributed by atoms with Crippen molar-refractivity contribution >= 4 is 17.9 Å². The maximum absolute atomic E-state index is 12.9. The number of ether oxygens (including phenoxy) is 4. The maximum atomic E-state index is 12.9. The smallest absolute Gasteiger partial charge is 0.361 e. The summed E-state index contributed by atoms with van der Waals surface area (Å²) < 4.78 is 22.8. The molecule has 9 nitrogen and oxygen atoms in total. The fourth-order valence-electron chi connectivity index (χ4n) is 7.81. The van der Waals surface area contributed by atoms with Gasteiger partial charge in [-0.15, -0.1) is 0 Å². The van der Waals surface area contributed by atoms with Crippen molar-refractivity contribution in [1.29, 1.82) is 0 Å². The molecule has 0 aromatic carbocycles. The molecule has 1 N–H and O–H groups in total. The number of carbonyl (C=O) groups is 3. The highest BCUT2D eigenvalue weighted by Gasteiger charge is 2.25. The van der Waals surface area contributed by atoms with E-state index in [0.717, 1.165) is 103 Å². The summed E-state index contributed by atoms with van der Waals surface area (Å²) in [5, 5.41) is 9.69. The monoisotopic (exact) mass is 1020 g/mol. The molecule has 0 bridgehead atoms. The van der Waals surface area contributed by atoms with Gasteiger partial charge in [-0.3, -0.25) is 9.59 Å². The number of unbranched alkanes of at least 4 members (excludes halogenated alkanes) is 22. The van der Waals surface area contributed by atoms with Gasteiger partial charge >= 0.3 is 17.9 Å². The van der Waals surface area contributed by atoms with Crippen LogP contribution >= 0.6 is 0 Å². The van der Waals surface area contributed by atoms with Crippen molar-refractivity contribution in [3.8, 4) is 0 Å². The lowest BCUT2D eigenvalue weighted by Gasteiger charge is -2.25. The Labute approximate surface area is 448 Å². The Kier molecular flexibility index (Phi) is 51.6. The number of carbonyl (C=O) groups excluding carboxylic acids is 2. The predicted octanol–water partition coefficient (Wildman–Crippen LogP) is 17.3. The predicted molar refractivity (Wildman–Crippen MR) is 309 cm³/mol. The van der Waals surface area contributed by atoms with Crippen LogP contribution < -0.4 is 0 Å². The van der Waals surface area contributed by atoms with Gasteiger partial charge in [0, 0.05) is 12.8 Å². The Morgan fingerprint density at radius 2 is 0.781 bits per heavy atom. The van der Waals surface area contributed by atoms with Crippen LogP contribution in [-0.2, 0) is 33.3 Å². The lowest BCUT2D eigenvalue weighted by atomic mass is 10.0. The van der Waals surface area contributed by atoms with Gasteiger partial charge in [0.15, 0.2) is 6.10 Å². The number of hydrogen-bond acceptors (Lipinski definition) is 7. The summed E-state index contributed by atoms with van der Waals surface area (Å²) in [5.41, 5.74) is 0. The van der Waals surface area contributed by atoms with Crippen molar-refractivity contribution in [3.05, 3.63) is 97.2 Å². The highest BCUT2D eigenvalue weighted by atomic mass is 16.7. The van der Waals surface area contributed by atoms with E-state index in [0.29, 0.717) is 17.4 Å². The van der Waals surface area contributed by atoms with Crippen LogP contribution in [0.1, 0.15) is 232 Å². The zero-order chi connectivity index (χ0) is 53.4. The molecular weight excluding hydrogens is 911 g/mol. The van der Waals surface area contributed by atoms with E-state index in [1.807, 2.05) is 21.1 Å². The van der Waals surface area contributed by atoms with Gasteiger partial charge in [0.2, 0.25) is 0 Å². The van der Waals surface area contributed by atoms with Crippen molar-refractivity contribution in [2.24, 2.45) is 0 Å². The van der Waals surface area contributed by atoms with E-state index < -0.39 is 24.3 Å². The molecule has 0 spiro atoms. The van der Waals surface area contributed by atoms with Gasteiger partial charge in [-0.1, -0.05) is 220 Å². The molecule has 9 heteroatoms. The Morgan fingerprint density at radius 1 is 0.425 bits per heavy atom. The molecule has 0 heterocycles. The van der Waals surface area contributed by atoms with E-state index in [4.69, 9.17) is 18.9 Å². The summed E-state index contributed by atoms with van der Waals surface area (Å²) in [6.07, 6.45) is 70.7. The second-order valence-corrected chi connectivity index (χ2v) is 20.6. The first-order chi connectivity index (χ1) is 35.6. The minimum atomic E-state index is -1.51. The molecule has 0 radical (unpaired) electrons. The third-order valence-corrected chi connectivity index (χ3v) is 12.3. The maximum Gasteiger partial charge on any atom is 0.361 e. The Bertz CT molecular complexity index is 1520. The Hall–Kier alpha value is -3.79. The molecule has 418 valence electrons. The molecule has 0 aromatic heterocycles. The van der Waals surface area contributed by atoms with Gasteiger partial charge in [0.05, 0.1) is 34.4 Å². The average Bonchev–Trinajstić information content (AvgIpc) is 3.36. The van der Waals surface area contributed by atoms with Gasteiger partial charge in [-0.2, -0.15) is 0 Å². The topological polar surface area (TPSA) is 108 Å². The second kappa shape index (κ2) is 54.5. The molecule has 0 aliphatic rings. The molecule has 73 heavy (non-hydrogen) atoms. The Balaban J connectivity index is 4.13. The fraction of sp³-hybridized carbons (Fsp3) is 0.703. The molecule has 0 rings (SSSR count). The highest BCUT2D eigenvalue weighted by Crippen LogP contribution is 2.15. The van der Waals surface area contributed by atoms with E-state index in [-0.39, 0.29) is 38.6 Å². The number of carboxylic acids is 1. The molecule has 2 unspecified atom stereocenters. The highest BCUT2D eigenvalue weighted by molar-refractivity contribution is 5.71. The molecule has 0 amide bonds. The number of hydrogen-bond donors (Lipinski definition) is 1. The van der Waals surface area contributed by atoms with Crippen LogP contribution in [0, 0.1) is 0 Å². The van der Waals surface area contributed by atoms with Crippen molar-refractivity contribution in [2.45, 2.75) is 245 Å². The van der Waals surface area contributed by atoms with Gasteiger partial charge < -0.3 is 28.5 Å². The standard InChI is InChI=1S/C64H109NO8/c1-6-8-10-12-14-16-18-20-21-22-23-24-25-26-27-28-29-30-31-32-33-34-35-36-37-38-39-40-41-43-45-47-49-51-53-55-62(67)73-60(59-72-64(63(68)69)70-57-56-65(3,4)5)58-71-61(66)54-52-50-48-46-44-42-19-17-15-13-11-9-7-2/h8,10,14,16-17,19-21,23-24,26-27,29-30,32-33,60,64H,6-7,9,11-13,15,18,22,25,28,31,34-59H2,1-5H3/p+1/b10-8-,16-14-,19-17-,21-20-,24-23-,27-26-,30-29-,33-32-. The SMILES string of the molecule is CC/C=C\C/C=C\C/C=C\C/C=C\C/C=C\C/C=C\C/C=C\CCCCCCCCCCCCCCCC(=O)OC(COC(=O)CCCCCCC/C=C\CCCCCC)COC(OCC[N+](C)(C)C)C(=O)O. The second-order valence-electron chi connectivity index (χ2n) is 20.6. The fourth-order valence-corrected chi connectivity index (χ4v) is 7.81. The quantitative estimate of drug-likeness (QED) is 0.0211. The largest absolute Gasteiger partial charge is 0.477 e. The number of likely N-dealkylation sites (N-methyl/N-ethyl adjacent to an activating group) is 1. The molecule has 0 aliphatic carbocycles. The van der Waals surface area contributed by atoms with Crippen LogP contribution in [0.25, 0.3) is 0 Å². The zero-order valence-electron chi connectivity index (χ0n) is 47.5. The summed E-state index contributed by atoms with van der Waals surface area (Å²) in [5.74, 6) is -2.02. The van der Waals surface area contributed by atoms with Gasteiger partial charge in [0.25, 0.3) is 6.29 Å². The van der Waals surface area contributed by atoms with Crippen LogP contribution in [0.4, 0.5) is 0 Å². The molecular formula is C64H110NO8+. The number of allylic oxidation sites excluding steroid dienone is 16. The van der Waals surface area contributed by atoms with Crippen LogP contribution in [0.5, 0.6) is 0 Å². The summed E-state index contributed by atoms with van der Waals surface area (Å²) in [6, 6.07) is 0. The van der Waals surface area contributed by atoms with Crippen molar-refractivity contribution < 1.29 is 42.9 Å². The number of rotatable bonds is 53.